The van der Waals surface area contributed by atoms with E-state index in [9.17, 15) is 0 Å². The van der Waals surface area contributed by atoms with Crippen LogP contribution < -0.4 is 5.32 Å². The van der Waals surface area contributed by atoms with E-state index in [-0.39, 0.29) is 0 Å². The molecule has 0 fully saturated rings. The van der Waals surface area contributed by atoms with Crippen LogP contribution in [0.25, 0.3) is 11.5 Å². The Hall–Kier alpha value is -1.24. The van der Waals surface area contributed by atoms with E-state index in [1.165, 1.54) is 0 Å². The number of halogens is 2. The third-order valence-corrected chi connectivity index (χ3v) is 3.45. The van der Waals surface area contributed by atoms with Gasteiger partial charge in [-0.05, 0) is 28.1 Å². The van der Waals surface area contributed by atoms with Crippen molar-refractivity contribution in [3.8, 4) is 11.5 Å². The molecular weight excluding hydrogens is 332 g/mol. The second-order valence-electron chi connectivity index (χ2n) is 3.70. The van der Waals surface area contributed by atoms with E-state index in [1.54, 1.807) is 32.5 Å². The minimum Gasteiger partial charge on any atom is -0.378 e. The van der Waals surface area contributed by atoms with Gasteiger partial charge in [0.15, 0.2) is 5.82 Å². The molecule has 0 radical (unpaired) electrons. The highest BCUT2D eigenvalue weighted by Crippen LogP contribution is 2.27. The average molecular weight is 344 g/mol. The van der Waals surface area contributed by atoms with Crippen molar-refractivity contribution in [3.63, 3.8) is 0 Å². The van der Waals surface area contributed by atoms with Crippen molar-refractivity contribution in [2.75, 3.05) is 19.5 Å². The standard InChI is InChI=1S/C12H12BrClN4O/c1-15-12-10(13)9(6-19-2)17-11(18-12)8-4-3-7(14)5-16-8/h3-5H,6H2,1-2H3,(H,15,17,18). The second-order valence-corrected chi connectivity index (χ2v) is 4.93. The Morgan fingerprint density at radius 1 is 1.37 bits per heavy atom. The lowest BCUT2D eigenvalue weighted by molar-refractivity contribution is 0.181. The highest BCUT2D eigenvalue weighted by molar-refractivity contribution is 9.10. The van der Waals surface area contributed by atoms with Crippen molar-refractivity contribution in [2.24, 2.45) is 0 Å². The third kappa shape index (κ3) is 3.20. The fourth-order valence-electron chi connectivity index (χ4n) is 1.51. The number of hydrogen-bond acceptors (Lipinski definition) is 5. The fourth-order valence-corrected chi connectivity index (χ4v) is 2.12. The molecule has 0 spiro atoms. The van der Waals surface area contributed by atoms with Gasteiger partial charge in [0.2, 0.25) is 0 Å². The van der Waals surface area contributed by atoms with Crippen LogP contribution in [0.3, 0.4) is 0 Å². The normalized spacial score (nSPS) is 10.5. The SMILES string of the molecule is CNc1nc(-c2ccc(Cl)cn2)nc(COC)c1Br. The first-order valence-electron chi connectivity index (χ1n) is 5.50. The zero-order valence-electron chi connectivity index (χ0n) is 10.4. The lowest BCUT2D eigenvalue weighted by Crippen LogP contribution is -2.04. The number of methoxy groups -OCH3 is 1. The summed E-state index contributed by atoms with van der Waals surface area (Å²) in [7, 11) is 3.41. The first-order chi connectivity index (χ1) is 9.15. The highest BCUT2D eigenvalue weighted by Gasteiger charge is 2.13. The van der Waals surface area contributed by atoms with E-state index in [0.29, 0.717) is 29.0 Å². The fraction of sp³-hybridized carbons (Fsp3) is 0.250. The van der Waals surface area contributed by atoms with Crippen molar-refractivity contribution in [1.82, 2.24) is 15.0 Å². The van der Waals surface area contributed by atoms with Crippen LogP contribution in [0, 0.1) is 0 Å². The molecule has 5 nitrogen and oxygen atoms in total. The van der Waals surface area contributed by atoms with E-state index in [4.69, 9.17) is 16.3 Å². The Morgan fingerprint density at radius 3 is 2.74 bits per heavy atom. The predicted molar refractivity (Wildman–Crippen MR) is 78.2 cm³/mol. The Bertz CT molecular complexity index is 577. The summed E-state index contributed by atoms with van der Waals surface area (Å²) in [5, 5.41) is 3.58. The molecule has 0 atom stereocenters. The van der Waals surface area contributed by atoms with E-state index < -0.39 is 0 Å². The summed E-state index contributed by atoms with van der Waals surface area (Å²) in [6.07, 6.45) is 1.57. The molecule has 0 saturated carbocycles. The van der Waals surface area contributed by atoms with Crippen LogP contribution in [0.2, 0.25) is 5.02 Å². The number of pyridine rings is 1. The summed E-state index contributed by atoms with van der Waals surface area (Å²) < 4.78 is 5.92. The van der Waals surface area contributed by atoms with Crippen LogP contribution in [0.4, 0.5) is 5.82 Å². The number of nitrogens with zero attached hydrogens (tertiary/aromatic N) is 3. The molecule has 0 aliphatic heterocycles. The summed E-state index contributed by atoms with van der Waals surface area (Å²) in [4.78, 5) is 13.1. The first-order valence-corrected chi connectivity index (χ1v) is 6.67. The minimum absolute atomic E-state index is 0.387. The number of rotatable bonds is 4. The zero-order chi connectivity index (χ0) is 13.8. The van der Waals surface area contributed by atoms with Crippen LogP contribution in [0.15, 0.2) is 22.8 Å². The topological polar surface area (TPSA) is 59.9 Å². The third-order valence-electron chi connectivity index (χ3n) is 2.39. The van der Waals surface area contributed by atoms with Gasteiger partial charge in [0, 0.05) is 20.4 Å². The summed E-state index contributed by atoms with van der Waals surface area (Å²) in [6.45, 7) is 0.387. The molecule has 1 N–H and O–H groups in total. The Kier molecular flexibility index (Phi) is 4.68. The van der Waals surface area contributed by atoms with Gasteiger partial charge in [-0.25, -0.2) is 9.97 Å². The molecule has 0 aromatic carbocycles. The maximum Gasteiger partial charge on any atom is 0.180 e. The molecule has 7 heteroatoms. The average Bonchev–Trinajstić information content (AvgIpc) is 2.42. The Labute approximate surface area is 124 Å². The van der Waals surface area contributed by atoms with Gasteiger partial charge in [-0.2, -0.15) is 0 Å². The van der Waals surface area contributed by atoms with Crippen molar-refractivity contribution < 1.29 is 4.74 Å². The molecular formula is C12H12BrClN4O. The molecule has 2 aromatic rings. The van der Waals surface area contributed by atoms with Gasteiger partial charge in [0.1, 0.15) is 11.5 Å². The van der Waals surface area contributed by atoms with E-state index in [0.717, 1.165) is 10.2 Å². The van der Waals surface area contributed by atoms with Gasteiger partial charge in [-0.1, -0.05) is 11.6 Å². The molecule has 0 amide bonds. The molecule has 2 heterocycles. The van der Waals surface area contributed by atoms with Gasteiger partial charge in [-0.3, -0.25) is 4.98 Å². The van der Waals surface area contributed by atoms with E-state index in [2.05, 4.69) is 36.2 Å². The molecule has 0 unspecified atom stereocenters. The maximum absolute atomic E-state index is 5.82. The van der Waals surface area contributed by atoms with Gasteiger partial charge in [0.25, 0.3) is 0 Å². The number of nitrogens with one attached hydrogen (secondary N) is 1. The van der Waals surface area contributed by atoms with Crippen LogP contribution in [0.5, 0.6) is 0 Å². The van der Waals surface area contributed by atoms with Crippen LogP contribution in [-0.2, 0) is 11.3 Å². The van der Waals surface area contributed by atoms with Gasteiger partial charge < -0.3 is 10.1 Å². The van der Waals surface area contributed by atoms with E-state index >= 15 is 0 Å². The molecule has 100 valence electrons. The molecule has 0 aliphatic rings. The smallest absolute Gasteiger partial charge is 0.180 e. The van der Waals surface area contributed by atoms with Crippen molar-refractivity contribution >= 4 is 33.3 Å². The minimum atomic E-state index is 0.387. The Balaban J connectivity index is 2.51. The van der Waals surface area contributed by atoms with Gasteiger partial charge >= 0.3 is 0 Å². The lowest BCUT2D eigenvalue weighted by atomic mass is 10.3. The number of hydrogen-bond donors (Lipinski definition) is 1. The van der Waals surface area contributed by atoms with Crippen LogP contribution >= 0.6 is 27.5 Å². The summed E-state index contributed by atoms with van der Waals surface area (Å²) >= 11 is 9.27. The maximum atomic E-state index is 5.82. The van der Waals surface area contributed by atoms with E-state index in [1.807, 2.05) is 0 Å². The summed E-state index contributed by atoms with van der Waals surface area (Å²) in [5.74, 6) is 1.21. The largest absolute Gasteiger partial charge is 0.378 e. The molecule has 2 aromatic heterocycles. The Morgan fingerprint density at radius 2 is 2.16 bits per heavy atom. The zero-order valence-corrected chi connectivity index (χ0v) is 12.8. The van der Waals surface area contributed by atoms with Crippen LogP contribution in [-0.4, -0.2) is 29.1 Å². The number of ether oxygens (including phenoxy) is 1. The summed E-state index contributed by atoms with van der Waals surface area (Å²) in [5.41, 5.74) is 1.42. The van der Waals surface area contributed by atoms with Gasteiger partial charge in [0.05, 0.1) is 21.8 Å². The highest BCUT2D eigenvalue weighted by atomic mass is 79.9. The van der Waals surface area contributed by atoms with Crippen molar-refractivity contribution in [1.29, 1.82) is 0 Å². The predicted octanol–water partition coefficient (Wildman–Crippen LogP) is 3.14. The quantitative estimate of drug-likeness (QED) is 0.924. The van der Waals surface area contributed by atoms with Gasteiger partial charge in [-0.15, -0.1) is 0 Å². The molecule has 0 aliphatic carbocycles. The van der Waals surface area contributed by atoms with Crippen molar-refractivity contribution in [2.45, 2.75) is 6.61 Å². The number of aromatic nitrogens is 3. The first kappa shape index (κ1) is 14.2. The molecule has 19 heavy (non-hydrogen) atoms. The van der Waals surface area contributed by atoms with Crippen LogP contribution in [0.1, 0.15) is 5.69 Å². The summed E-state index contributed by atoms with van der Waals surface area (Å²) in [6, 6.07) is 3.53. The lowest BCUT2D eigenvalue weighted by Gasteiger charge is -2.10. The molecule has 0 saturated heterocycles. The second kappa shape index (κ2) is 6.27. The number of anilines is 1. The molecule has 2 rings (SSSR count). The molecule has 0 bridgehead atoms. The van der Waals surface area contributed by atoms with Crippen molar-refractivity contribution in [3.05, 3.63) is 33.5 Å². The monoisotopic (exact) mass is 342 g/mol.